The van der Waals surface area contributed by atoms with Crippen LogP contribution in [0.25, 0.3) is 5.69 Å². The summed E-state index contributed by atoms with van der Waals surface area (Å²) in [7, 11) is 0. The number of hydrogen-bond donors (Lipinski definition) is 0. The van der Waals surface area contributed by atoms with Crippen LogP contribution < -0.4 is 0 Å². The van der Waals surface area contributed by atoms with E-state index >= 15 is 0 Å². The van der Waals surface area contributed by atoms with Gasteiger partial charge < -0.3 is 0 Å². The van der Waals surface area contributed by atoms with Crippen LogP contribution in [0.2, 0.25) is 0 Å². The van der Waals surface area contributed by atoms with Gasteiger partial charge in [-0.1, -0.05) is 18.2 Å². The summed E-state index contributed by atoms with van der Waals surface area (Å²) in [5, 5.41) is 16.7. The molecule has 0 saturated heterocycles. The Morgan fingerprint density at radius 2 is 2.33 bits per heavy atom. The van der Waals surface area contributed by atoms with Crippen LogP contribution in [0.15, 0.2) is 30.6 Å². The summed E-state index contributed by atoms with van der Waals surface area (Å²) >= 11 is 0. The third-order valence-corrected chi connectivity index (χ3v) is 2.29. The highest BCUT2D eigenvalue weighted by molar-refractivity contribution is 5.50. The number of nitriles is 1. The Bertz CT molecular complexity index is 494. The molecule has 1 aromatic heterocycles. The minimum Gasteiger partial charge on any atom is -0.220 e. The maximum absolute atomic E-state index is 8.98. The van der Waals surface area contributed by atoms with Gasteiger partial charge in [-0.05, 0) is 24.1 Å². The van der Waals surface area contributed by atoms with E-state index in [9.17, 15) is 0 Å². The summed E-state index contributed by atoms with van der Waals surface area (Å²) in [6, 6.07) is 7.80. The van der Waals surface area contributed by atoms with Crippen molar-refractivity contribution in [2.24, 2.45) is 0 Å². The second kappa shape index (κ2) is 3.93. The first kappa shape index (κ1) is 9.41. The number of hydrogen-bond acceptors (Lipinski definition) is 3. The molecule has 2 aromatic rings. The fraction of sp³-hybridized carbons (Fsp3) is 0.182. The first-order valence-electron chi connectivity index (χ1n) is 4.75. The van der Waals surface area contributed by atoms with Crippen molar-refractivity contribution in [3.8, 4) is 11.8 Å². The van der Waals surface area contributed by atoms with Crippen molar-refractivity contribution in [2.45, 2.75) is 13.3 Å². The molecule has 1 aromatic carbocycles. The second-order valence-corrected chi connectivity index (χ2v) is 3.12. The third-order valence-electron chi connectivity index (χ3n) is 2.29. The highest BCUT2D eigenvalue weighted by Crippen LogP contribution is 2.18. The molecule has 15 heavy (non-hydrogen) atoms. The van der Waals surface area contributed by atoms with E-state index in [1.807, 2.05) is 25.1 Å². The minimum absolute atomic E-state index is 0.700. The molecule has 74 valence electrons. The molecule has 4 heteroatoms. The molecule has 0 saturated carbocycles. The van der Waals surface area contributed by atoms with Crippen molar-refractivity contribution < 1.29 is 0 Å². The summed E-state index contributed by atoms with van der Waals surface area (Å²) in [4.78, 5) is 0. The van der Waals surface area contributed by atoms with Gasteiger partial charge in [0, 0.05) is 0 Å². The average Bonchev–Trinajstić information content (AvgIpc) is 2.81. The predicted octanol–water partition coefficient (Wildman–Crippen LogP) is 1.70. The summed E-state index contributed by atoms with van der Waals surface area (Å²) in [5.74, 6) is 0. The SMILES string of the molecule is CCc1c(C#N)cccc1-n1ccnn1. The lowest BCUT2D eigenvalue weighted by Crippen LogP contribution is -2.02. The van der Waals surface area contributed by atoms with Gasteiger partial charge in [-0.15, -0.1) is 5.10 Å². The molecule has 2 rings (SSSR count). The lowest BCUT2D eigenvalue weighted by molar-refractivity contribution is 0.793. The van der Waals surface area contributed by atoms with Gasteiger partial charge in [0.25, 0.3) is 0 Å². The number of benzene rings is 1. The van der Waals surface area contributed by atoms with Gasteiger partial charge in [0.2, 0.25) is 0 Å². The Kier molecular flexibility index (Phi) is 2.46. The summed E-state index contributed by atoms with van der Waals surface area (Å²) in [5.41, 5.74) is 2.63. The van der Waals surface area contributed by atoms with E-state index in [4.69, 9.17) is 5.26 Å². The largest absolute Gasteiger partial charge is 0.220 e. The van der Waals surface area contributed by atoms with E-state index in [2.05, 4.69) is 16.4 Å². The van der Waals surface area contributed by atoms with Crippen LogP contribution in [-0.4, -0.2) is 15.0 Å². The molecule has 0 aliphatic rings. The van der Waals surface area contributed by atoms with Crippen molar-refractivity contribution >= 4 is 0 Å². The zero-order chi connectivity index (χ0) is 10.7. The molecule has 1 heterocycles. The van der Waals surface area contributed by atoms with E-state index in [0.29, 0.717) is 5.56 Å². The normalized spacial score (nSPS) is 9.87. The van der Waals surface area contributed by atoms with Gasteiger partial charge >= 0.3 is 0 Å². The molecule has 0 amide bonds. The average molecular weight is 198 g/mol. The zero-order valence-electron chi connectivity index (χ0n) is 8.38. The molecule has 0 bridgehead atoms. The monoisotopic (exact) mass is 198 g/mol. The fourth-order valence-electron chi connectivity index (χ4n) is 1.60. The standard InChI is InChI=1S/C11H10N4/c1-2-10-9(8-12)4-3-5-11(10)15-7-6-13-14-15/h3-7H,2H2,1H3. The van der Waals surface area contributed by atoms with Gasteiger partial charge in [-0.25, -0.2) is 4.68 Å². The molecule has 0 atom stereocenters. The highest BCUT2D eigenvalue weighted by Gasteiger charge is 2.07. The van der Waals surface area contributed by atoms with Crippen LogP contribution in [0.1, 0.15) is 18.1 Å². The van der Waals surface area contributed by atoms with E-state index in [0.717, 1.165) is 17.7 Å². The van der Waals surface area contributed by atoms with Crippen molar-refractivity contribution in [1.82, 2.24) is 15.0 Å². The molecule has 0 radical (unpaired) electrons. The Hall–Kier alpha value is -2.15. The summed E-state index contributed by atoms with van der Waals surface area (Å²) in [6.07, 6.45) is 4.20. The Morgan fingerprint density at radius 3 is 2.93 bits per heavy atom. The highest BCUT2D eigenvalue weighted by atomic mass is 15.4. The fourth-order valence-corrected chi connectivity index (χ4v) is 1.60. The summed E-state index contributed by atoms with van der Waals surface area (Å²) in [6.45, 7) is 2.02. The van der Waals surface area contributed by atoms with Crippen molar-refractivity contribution in [3.05, 3.63) is 41.7 Å². The predicted molar refractivity (Wildman–Crippen MR) is 55.5 cm³/mol. The quantitative estimate of drug-likeness (QED) is 0.738. The second-order valence-electron chi connectivity index (χ2n) is 3.12. The molecule has 0 unspecified atom stereocenters. The van der Waals surface area contributed by atoms with Crippen LogP contribution in [-0.2, 0) is 6.42 Å². The van der Waals surface area contributed by atoms with Crippen molar-refractivity contribution in [1.29, 1.82) is 5.26 Å². The van der Waals surface area contributed by atoms with Crippen molar-refractivity contribution in [3.63, 3.8) is 0 Å². The van der Waals surface area contributed by atoms with Gasteiger partial charge in [0.15, 0.2) is 0 Å². The van der Waals surface area contributed by atoms with Crippen molar-refractivity contribution in [2.75, 3.05) is 0 Å². The Morgan fingerprint density at radius 1 is 1.47 bits per heavy atom. The van der Waals surface area contributed by atoms with Gasteiger partial charge in [0.05, 0.1) is 29.7 Å². The van der Waals surface area contributed by atoms with Crippen LogP contribution in [0, 0.1) is 11.3 Å². The first-order chi connectivity index (χ1) is 7.36. The molecular weight excluding hydrogens is 188 g/mol. The molecule has 0 N–H and O–H groups in total. The molecule has 0 spiro atoms. The van der Waals surface area contributed by atoms with Crippen LogP contribution >= 0.6 is 0 Å². The van der Waals surface area contributed by atoms with E-state index in [-0.39, 0.29) is 0 Å². The maximum atomic E-state index is 8.98. The minimum atomic E-state index is 0.700. The molecule has 0 aliphatic heterocycles. The molecule has 4 nitrogen and oxygen atoms in total. The smallest absolute Gasteiger partial charge is 0.0995 e. The Labute approximate surface area is 87.8 Å². The molecule has 0 fully saturated rings. The topological polar surface area (TPSA) is 54.5 Å². The number of nitrogens with zero attached hydrogens (tertiary/aromatic N) is 4. The maximum Gasteiger partial charge on any atom is 0.0995 e. The molecule has 0 aliphatic carbocycles. The first-order valence-corrected chi connectivity index (χ1v) is 4.75. The number of rotatable bonds is 2. The van der Waals surface area contributed by atoms with Gasteiger partial charge in [-0.3, -0.25) is 0 Å². The Balaban J connectivity index is 2.63. The summed E-state index contributed by atoms with van der Waals surface area (Å²) < 4.78 is 1.68. The third kappa shape index (κ3) is 1.59. The van der Waals surface area contributed by atoms with E-state index < -0.39 is 0 Å². The van der Waals surface area contributed by atoms with Gasteiger partial charge in [-0.2, -0.15) is 5.26 Å². The molecular formula is C11H10N4. The van der Waals surface area contributed by atoms with Crippen LogP contribution in [0.4, 0.5) is 0 Å². The van der Waals surface area contributed by atoms with E-state index in [1.54, 1.807) is 17.1 Å². The van der Waals surface area contributed by atoms with E-state index in [1.165, 1.54) is 0 Å². The van der Waals surface area contributed by atoms with Gasteiger partial charge in [0.1, 0.15) is 0 Å². The lowest BCUT2D eigenvalue weighted by atomic mass is 10.0. The zero-order valence-corrected chi connectivity index (χ0v) is 8.38. The lowest BCUT2D eigenvalue weighted by Gasteiger charge is -2.08. The van der Waals surface area contributed by atoms with Crippen LogP contribution in [0.5, 0.6) is 0 Å². The number of aromatic nitrogens is 3. The van der Waals surface area contributed by atoms with Crippen LogP contribution in [0.3, 0.4) is 0 Å².